The van der Waals surface area contributed by atoms with Gasteiger partial charge in [-0.1, -0.05) is 65.7 Å². The Morgan fingerprint density at radius 2 is 1.56 bits per heavy atom. The van der Waals surface area contributed by atoms with Gasteiger partial charge >= 0.3 is 5.97 Å². The molecule has 0 radical (unpaired) electrons. The summed E-state index contributed by atoms with van der Waals surface area (Å²) < 4.78 is 5.11. The molecule has 18 heavy (non-hydrogen) atoms. The van der Waals surface area contributed by atoms with E-state index in [0.29, 0.717) is 13.0 Å². The van der Waals surface area contributed by atoms with Crippen molar-refractivity contribution < 1.29 is 9.53 Å². The van der Waals surface area contributed by atoms with E-state index in [0.717, 1.165) is 25.2 Å². The fraction of sp³-hybridized carbons (Fsp3) is 0.938. The summed E-state index contributed by atoms with van der Waals surface area (Å²) >= 11 is 0. The average Bonchev–Trinajstić information content (AvgIpc) is 2.32. The largest absolute Gasteiger partial charge is 0.466 e. The summed E-state index contributed by atoms with van der Waals surface area (Å²) in [4.78, 5) is 11.3. The minimum absolute atomic E-state index is 0.0109. The average molecular weight is 256 g/mol. The maximum absolute atomic E-state index is 11.3. The molecular formula is C16H32O2. The minimum Gasteiger partial charge on any atom is -0.466 e. The van der Waals surface area contributed by atoms with Gasteiger partial charge in [-0.3, -0.25) is 4.79 Å². The molecule has 0 aliphatic rings. The number of hydrogen-bond donors (Lipinski definition) is 0. The summed E-state index contributed by atoms with van der Waals surface area (Å²) in [5.41, 5.74) is 0. The highest BCUT2D eigenvalue weighted by Crippen LogP contribution is 2.12. The van der Waals surface area contributed by atoms with Crippen LogP contribution in [0.4, 0.5) is 0 Å². The SMILES string of the molecule is CCCCOC(=O)CCCCCCCCC(C)C. The quantitative estimate of drug-likeness (QED) is 0.358. The van der Waals surface area contributed by atoms with Gasteiger partial charge in [-0.15, -0.1) is 0 Å². The lowest BCUT2D eigenvalue weighted by Crippen LogP contribution is -2.05. The lowest BCUT2D eigenvalue weighted by Gasteiger charge is -2.05. The van der Waals surface area contributed by atoms with E-state index in [2.05, 4.69) is 20.8 Å². The number of hydrogen-bond acceptors (Lipinski definition) is 2. The van der Waals surface area contributed by atoms with Crippen LogP contribution in [0.1, 0.15) is 85.0 Å². The fourth-order valence-electron chi connectivity index (χ4n) is 1.93. The van der Waals surface area contributed by atoms with Crippen LogP contribution in [-0.4, -0.2) is 12.6 Å². The fourth-order valence-corrected chi connectivity index (χ4v) is 1.93. The molecule has 0 aliphatic heterocycles. The highest BCUT2D eigenvalue weighted by molar-refractivity contribution is 5.69. The minimum atomic E-state index is -0.0109. The van der Waals surface area contributed by atoms with Crippen LogP contribution >= 0.6 is 0 Å². The Hall–Kier alpha value is -0.530. The zero-order chi connectivity index (χ0) is 13.6. The third-order valence-corrected chi connectivity index (χ3v) is 3.17. The van der Waals surface area contributed by atoms with E-state index in [1.165, 1.54) is 38.5 Å². The highest BCUT2D eigenvalue weighted by atomic mass is 16.5. The molecule has 0 rings (SSSR count). The second kappa shape index (κ2) is 12.9. The Balaban J connectivity index is 3.12. The van der Waals surface area contributed by atoms with E-state index in [1.807, 2.05) is 0 Å². The van der Waals surface area contributed by atoms with Crippen LogP contribution in [0.3, 0.4) is 0 Å². The van der Waals surface area contributed by atoms with Crippen molar-refractivity contribution in [3.05, 3.63) is 0 Å². The first-order valence-corrected chi connectivity index (χ1v) is 7.82. The topological polar surface area (TPSA) is 26.3 Å². The lowest BCUT2D eigenvalue weighted by molar-refractivity contribution is -0.143. The molecule has 0 saturated carbocycles. The van der Waals surface area contributed by atoms with Crippen LogP contribution in [-0.2, 0) is 9.53 Å². The van der Waals surface area contributed by atoms with Gasteiger partial charge in [0.2, 0.25) is 0 Å². The van der Waals surface area contributed by atoms with Crippen molar-refractivity contribution in [2.24, 2.45) is 5.92 Å². The van der Waals surface area contributed by atoms with E-state index in [4.69, 9.17) is 4.74 Å². The maximum Gasteiger partial charge on any atom is 0.305 e. The van der Waals surface area contributed by atoms with Crippen molar-refractivity contribution in [1.29, 1.82) is 0 Å². The van der Waals surface area contributed by atoms with Gasteiger partial charge in [0.05, 0.1) is 6.61 Å². The Bertz CT molecular complexity index is 188. The van der Waals surface area contributed by atoms with E-state index in [-0.39, 0.29) is 5.97 Å². The molecule has 0 bridgehead atoms. The van der Waals surface area contributed by atoms with Gasteiger partial charge in [-0.2, -0.15) is 0 Å². The van der Waals surface area contributed by atoms with Gasteiger partial charge in [0, 0.05) is 6.42 Å². The molecule has 0 aromatic rings. The second-order valence-corrected chi connectivity index (χ2v) is 5.63. The molecule has 0 amide bonds. The molecule has 0 unspecified atom stereocenters. The molecule has 0 spiro atoms. The third-order valence-electron chi connectivity index (χ3n) is 3.17. The molecule has 0 aromatic heterocycles. The third kappa shape index (κ3) is 13.5. The number of unbranched alkanes of at least 4 members (excludes halogenated alkanes) is 6. The normalized spacial score (nSPS) is 10.9. The zero-order valence-corrected chi connectivity index (χ0v) is 12.7. The van der Waals surface area contributed by atoms with Gasteiger partial charge in [0.1, 0.15) is 0 Å². The van der Waals surface area contributed by atoms with Crippen molar-refractivity contribution in [1.82, 2.24) is 0 Å². The molecule has 0 atom stereocenters. The number of esters is 1. The Kier molecular flexibility index (Phi) is 12.5. The van der Waals surface area contributed by atoms with Crippen LogP contribution in [0.25, 0.3) is 0 Å². The second-order valence-electron chi connectivity index (χ2n) is 5.63. The predicted molar refractivity (Wildman–Crippen MR) is 77.6 cm³/mol. The molecule has 2 heteroatoms. The number of rotatable bonds is 12. The van der Waals surface area contributed by atoms with Crippen molar-refractivity contribution in [3.63, 3.8) is 0 Å². The predicted octanol–water partition coefficient (Wildman–Crippen LogP) is 5.11. The summed E-state index contributed by atoms with van der Waals surface area (Å²) in [5, 5.41) is 0. The first-order valence-electron chi connectivity index (χ1n) is 7.82. The Morgan fingerprint density at radius 3 is 2.17 bits per heavy atom. The lowest BCUT2D eigenvalue weighted by atomic mass is 10.0. The summed E-state index contributed by atoms with van der Waals surface area (Å²) in [6, 6.07) is 0. The Morgan fingerprint density at radius 1 is 0.944 bits per heavy atom. The summed E-state index contributed by atoms with van der Waals surface area (Å²) in [5.74, 6) is 0.825. The maximum atomic E-state index is 11.3. The van der Waals surface area contributed by atoms with E-state index < -0.39 is 0 Å². The Labute approximate surface area is 113 Å². The van der Waals surface area contributed by atoms with E-state index >= 15 is 0 Å². The van der Waals surface area contributed by atoms with Gasteiger partial charge in [0.25, 0.3) is 0 Å². The molecule has 108 valence electrons. The molecule has 0 aliphatic carbocycles. The number of carbonyl (C=O) groups is 1. The van der Waals surface area contributed by atoms with E-state index in [1.54, 1.807) is 0 Å². The van der Waals surface area contributed by atoms with Crippen molar-refractivity contribution in [2.75, 3.05) is 6.61 Å². The summed E-state index contributed by atoms with van der Waals surface area (Å²) in [7, 11) is 0. The first kappa shape index (κ1) is 17.5. The first-order chi connectivity index (χ1) is 8.66. The highest BCUT2D eigenvalue weighted by Gasteiger charge is 2.01. The van der Waals surface area contributed by atoms with Crippen LogP contribution in [0.2, 0.25) is 0 Å². The van der Waals surface area contributed by atoms with Gasteiger partial charge < -0.3 is 4.74 Å². The molecule has 0 N–H and O–H groups in total. The van der Waals surface area contributed by atoms with Crippen LogP contribution in [0.15, 0.2) is 0 Å². The standard InChI is InChI=1S/C16H32O2/c1-4-5-14-18-16(17)13-11-9-7-6-8-10-12-15(2)3/h15H,4-14H2,1-3H3. The zero-order valence-electron chi connectivity index (χ0n) is 12.7. The van der Waals surface area contributed by atoms with Crippen LogP contribution in [0, 0.1) is 5.92 Å². The van der Waals surface area contributed by atoms with Crippen LogP contribution in [0.5, 0.6) is 0 Å². The monoisotopic (exact) mass is 256 g/mol. The van der Waals surface area contributed by atoms with Gasteiger partial charge in [0.15, 0.2) is 0 Å². The number of ether oxygens (including phenoxy) is 1. The molecule has 2 nitrogen and oxygen atoms in total. The van der Waals surface area contributed by atoms with Crippen molar-refractivity contribution >= 4 is 5.97 Å². The molecule has 0 saturated heterocycles. The molecule has 0 aromatic carbocycles. The smallest absolute Gasteiger partial charge is 0.305 e. The van der Waals surface area contributed by atoms with E-state index in [9.17, 15) is 4.79 Å². The van der Waals surface area contributed by atoms with Crippen molar-refractivity contribution in [2.45, 2.75) is 85.0 Å². The van der Waals surface area contributed by atoms with Crippen LogP contribution < -0.4 is 0 Å². The molecular weight excluding hydrogens is 224 g/mol. The van der Waals surface area contributed by atoms with Gasteiger partial charge in [-0.05, 0) is 18.8 Å². The molecule has 0 heterocycles. The summed E-state index contributed by atoms with van der Waals surface area (Å²) in [6.45, 7) is 7.27. The number of carbonyl (C=O) groups excluding carboxylic acids is 1. The van der Waals surface area contributed by atoms with Gasteiger partial charge in [-0.25, -0.2) is 0 Å². The summed E-state index contributed by atoms with van der Waals surface area (Å²) in [6.07, 6.45) is 11.5. The van der Waals surface area contributed by atoms with Crippen molar-refractivity contribution in [3.8, 4) is 0 Å². The molecule has 0 fully saturated rings.